The second kappa shape index (κ2) is 10.6. The first kappa shape index (κ1) is 27.9. The van der Waals surface area contributed by atoms with Gasteiger partial charge in [-0.25, -0.2) is 4.90 Å². The third kappa shape index (κ3) is 4.96. The van der Waals surface area contributed by atoms with Crippen LogP contribution >= 0.6 is 23.1 Å². The van der Waals surface area contributed by atoms with Gasteiger partial charge in [0.25, 0.3) is 0 Å². The second-order valence-electron chi connectivity index (χ2n) is 11.9. The molecule has 1 aromatic heterocycles. The van der Waals surface area contributed by atoms with Crippen LogP contribution in [-0.2, 0) is 31.1 Å². The Hall–Kier alpha value is -3.21. The molecule has 0 saturated carbocycles. The molecule has 6 rings (SSSR count). The lowest BCUT2D eigenvalue weighted by molar-refractivity contribution is -0.136. The fourth-order valence-corrected chi connectivity index (χ4v) is 8.57. The largest absolute Gasteiger partial charge is 0.378 e. The van der Waals surface area contributed by atoms with Gasteiger partial charge >= 0.3 is 4.87 Å². The Morgan fingerprint density at radius 1 is 0.951 bits per heavy atom. The number of carbonyl (C=O) groups is 3. The molecule has 2 saturated heterocycles. The molecule has 2 fully saturated rings. The summed E-state index contributed by atoms with van der Waals surface area (Å²) in [5.41, 5.74) is 3.57. The van der Waals surface area contributed by atoms with E-state index in [0.717, 1.165) is 32.9 Å². The van der Waals surface area contributed by atoms with Gasteiger partial charge in [-0.2, -0.15) is 0 Å². The van der Waals surface area contributed by atoms with E-state index in [4.69, 9.17) is 4.74 Å². The van der Waals surface area contributed by atoms with Crippen molar-refractivity contribution >= 4 is 46.5 Å². The van der Waals surface area contributed by atoms with Crippen molar-refractivity contribution in [2.75, 3.05) is 31.2 Å². The summed E-state index contributed by atoms with van der Waals surface area (Å²) >= 11 is 2.33. The number of thiazole rings is 1. The molecule has 4 heterocycles. The molecule has 3 aromatic rings. The number of amides is 3. The Labute approximate surface area is 247 Å². The average molecular weight is 592 g/mol. The fourth-order valence-electron chi connectivity index (χ4n) is 5.80. The van der Waals surface area contributed by atoms with Crippen LogP contribution in [0.3, 0.4) is 0 Å². The number of morpholine rings is 1. The first-order valence-electron chi connectivity index (χ1n) is 13.8. The van der Waals surface area contributed by atoms with Crippen LogP contribution in [0.1, 0.15) is 48.3 Å². The van der Waals surface area contributed by atoms with Gasteiger partial charge in [0, 0.05) is 23.9 Å². The van der Waals surface area contributed by atoms with Crippen LogP contribution < -0.4 is 9.77 Å². The maximum absolute atomic E-state index is 14.1. The van der Waals surface area contributed by atoms with Crippen molar-refractivity contribution < 1.29 is 19.1 Å². The Bertz CT molecular complexity index is 1560. The van der Waals surface area contributed by atoms with Gasteiger partial charge in [0.1, 0.15) is 11.8 Å². The third-order valence-corrected chi connectivity index (χ3v) is 10.7. The first-order valence-corrected chi connectivity index (χ1v) is 15.5. The van der Waals surface area contributed by atoms with Crippen LogP contribution in [0.2, 0.25) is 0 Å². The van der Waals surface area contributed by atoms with Crippen molar-refractivity contribution in [3.8, 4) is 0 Å². The zero-order chi connectivity index (χ0) is 29.1. The number of aromatic nitrogens is 1. The number of hydrogen-bond acceptors (Lipinski definition) is 7. The standard InChI is InChI=1S/C31H33N3O5S2/c1-18-5-11-21(12-6-18)34-27(36)24-23(19-7-9-20(10-8-19)31(2,3)4)26-29(40-25(24)28(34)37)33(30(38)41-26)17-22(35)32-13-15-39-16-14-32/h5-12,23-25H,13-17H2,1-4H3/t23-,24?,25?/m0/s1. The number of imide groups is 1. The Morgan fingerprint density at radius 2 is 1.61 bits per heavy atom. The molecule has 214 valence electrons. The van der Waals surface area contributed by atoms with Gasteiger partial charge in [-0.3, -0.25) is 23.7 Å². The fraction of sp³-hybridized carbons (Fsp3) is 0.419. The maximum Gasteiger partial charge on any atom is 0.308 e. The van der Waals surface area contributed by atoms with Gasteiger partial charge in [0.15, 0.2) is 0 Å². The SMILES string of the molecule is Cc1ccc(N2C(=O)C3Sc4c(sc(=O)n4CC(=O)N4CCOCC4)[C@@H](c4ccc(C(C)(C)C)cc4)C3C2=O)cc1. The number of nitrogens with zero attached hydrogens (tertiary/aromatic N) is 3. The monoisotopic (exact) mass is 591 g/mol. The van der Waals surface area contributed by atoms with Crippen LogP contribution in [0.25, 0.3) is 0 Å². The molecule has 0 bridgehead atoms. The average Bonchev–Trinajstić information content (AvgIpc) is 3.40. The van der Waals surface area contributed by atoms with E-state index in [9.17, 15) is 19.2 Å². The molecule has 0 radical (unpaired) electrons. The molecule has 0 N–H and O–H groups in total. The van der Waals surface area contributed by atoms with Crippen LogP contribution in [0.4, 0.5) is 5.69 Å². The lowest BCUT2D eigenvalue weighted by Gasteiger charge is -2.31. The number of rotatable bonds is 4. The predicted octanol–water partition coefficient (Wildman–Crippen LogP) is 4.17. The molecule has 3 aliphatic heterocycles. The topological polar surface area (TPSA) is 88.9 Å². The van der Waals surface area contributed by atoms with Crippen molar-refractivity contribution in [3.05, 3.63) is 79.8 Å². The number of thioether (sulfide) groups is 1. The molecule has 3 atom stereocenters. The molecule has 8 nitrogen and oxygen atoms in total. The van der Waals surface area contributed by atoms with Gasteiger partial charge in [-0.1, -0.05) is 85.8 Å². The van der Waals surface area contributed by atoms with Crippen molar-refractivity contribution in [2.45, 2.75) is 55.8 Å². The molecule has 3 aliphatic rings. The predicted molar refractivity (Wildman–Crippen MR) is 160 cm³/mol. The summed E-state index contributed by atoms with van der Waals surface area (Å²) in [5.74, 6) is -1.85. The minimum atomic E-state index is -0.706. The number of ether oxygens (including phenoxy) is 1. The highest BCUT2D eigenvalue weighted by Gasteiger charge is 2.56. The van der Waals surface area contributed by atoms with Gasteiger partial charge in [-0.15, -0.1) is 0 Å². The number of anilines is 1. The van der Waals surface area contributed by atoms with Gasteiger partial charge in [-0.05, 0) is 35.6 Å². The Kier molecular flexibility index (Phi) is 7.20. The summed E-state index contributed by atoms with van der Waals surface area (Å²) in [7, 11) is 0. The Morgan fingerprint density at radius 3 is 2.24 bits per heavy atom. The summed E-state index contributed by atoms with van der Waals surface area (Å²) < 4.78 is 6.88. The molecule has 0 aliphatic carbocycles. The molecular formula is C31H33N3O5S2. The summed E-state index contributed by atoms with van der Waals surface area (Å²) in [6.07, 6.45) is 0. The van der Waals surface area contributed by atoms with E-state index >= 15 is 0 Å². The van der Waals surface area contributed by atoms with E-state index in [1.807, 2.05) is 31.2 Å². The summed E-state index contributed by atoms with van der Waals surface area (Å²) in [6.45, 7) is 10.2. The van der Waals surface area contributed by atoms with E-state index in [0.29, 0.717) is 37.0 Å². The van der Waals surface area contributed by atoms with Crippen LogP contribution in [0.15, 0.2) is 58.4 Å². The number of aryl methyl sites for hydroxylation is 1. The van der Waals surface area contributed by atoms with E-state index < -0.39 is 17.1 Å². The third-order valence-electron chi connectivity index (χ3n) is 8.13. The number of fused-ring (bicyclic) bond motifs is 2. The normalized spacial score (nSPS) is 22.6. The van der Waals surface area contributed by atoms with Crippen LogP contribution in [-0.4, -0.2) is 58.7 Å². The highest BCUT2D eigenvalue weighted by molar-refractivity contribution is 8.00. The zero-order valence-corrected chi connectivity index (χ0v) is 25.2. The van der Waals surface area contributed by atoms with Crippen molar-refractivity contribution in [1.82, 2.24) is 9.47 Å². The minimum Gasteiger partial charge on any atom is -0.378 e. The molecule has 0 spiro atoms. The van der Waals surface area contributed by atoms with Gasteiger partial charge in [0.2, 0.25) is 17.7 Å². The quantitative estimate of drug-likeness (QED) is 0.424. The first-order chi connectivity index (χ1) is 19.5. The molecule has 2 aromatic carbocycles. The molecule has 3 amide bonds. The van der Waals surface area contributed by atoms with E-state index in [2.05, 4.69) is 32.9 Å². The second-order valence-corrected chi connectivity index (χ2v) is 14.0. The van der Waals surface area contributed by atoms with Crippen LogP contribution in [0.5, 0.6) is 0 Å². The number of benzene rings is 2. The molecular weight excluding hydrogens is 558 g/mol. The van der Waals surface area contributed by atoms with Gasteiger partial charge in [0.05, 0.1) is 29.8 Å². The van der Waals surface area contributed by atoms with E-state index in [1.165, 1.54) is 21.2 Å². The van der Waals surface area contributed by atoms with Crippen molar-refractivity contribution in [3.63, 3.8) is 0 Å². The van der Waals surface area contributed by atoms with E-state index in [1.54, 1.807) is 17.0 Å². The van der Waals surface area contributed by atoms with Gasteiger partial charge < -0.3 is 9.64 Å². The summed E-state index contributed by atoms with van der Waals surface area (Å²) in [6, 6.07) is 15.5. The van der Waals surface area contributed by atoms with E-state index in [-0.39, 0.29) is 34.6 Å². The molecule has 2 unspecified atom stereocenters. The minimum absolute atomic E-state index is 0.0516. The smallest absolute Gasteiger partial charge is 0.308 e. The maximum atomic E-state index is 14.1. The highest BCUT2D eigenvalue weighted by atomic mass is 32.2. The highest BCUT2D eigenvalue weighted by Crippen LogP contribution is 2.54. The zero-order valence-electron chi connectivity index (χ0n) is 23.6. The lowest BCUT2D eigenvalue weighted by Crippen LogP contribution is -2.43. The lowest BCUT2D eigenvalue weighted by atomic mass is 9.81. The summed E-state index contributed by atoms with van der Waals surface area (Å²) in [5, 5.41) is -0.0954. The molecule has 41 heavy (non-hydrogen) atoms. The summed E-state index contributed by atoms with van der Waals surface area (Å²) in [4.78, 5) is 58.0. The number of hydrogen-bond donors (Lipinski definition) is 0. The van der Waals surface area contributed by atoms with Crippen LogP contribution in [0, 0.1) is 12.8 Å². The van der Waals surface area contributed by atoms with Crippen molar-refractivity contribution in [1.29, 1.82) is 0 Å². The molecule has 10 heteroatoms. The van der Waals surface area contributed by atoms with Crippen molar-refractivity contribution in [2.24, 2.45) is 5.92 Å². The Balaban J connectivity index is 1.44. The number of carbonyl (C=O) groups excluding carboxylic acids is 3.